The third kappa shape index (κ3) is 6.07. The van der Waals surface area contributed by atoms with Crippen LogP contribution in [0.2, 0.25) is 0 Å². The molecule has 0 radical (unpaired) electrons. The van der Waals surface area contributed by atoms with Gasteiger partial charge in [0.15, 0.2) is 29.6 Å². The molecule has 10 atom stereocenters. The third-order valence-corrected chi connectivity index (χ3v) is 9.79. The largest absolute Gasteiger partial charge is 0.472 e. The van der Waals surface area contributed by atoms with Crippen molar-refractivity contribution in [3.05, 3.63) is 31.0 Å². The van der Waals surface area contributed by atoms with Crippen molar-refractivity contribution in [1.29, 1.82) is 0 Å². The topological polar surface area (TPSA) is 273 Å². The van der Waals surface area contributed by atoms with E-state index in [9.17, 15) is 24.0 Å². The highest BCUT2D eigenvalue weighted by atomic mass is 31.2. The van der Waals surface area contributed by atoms with Crippen molar-refractivity contribution in [2.45, 2.75) is 76.0 Å². The van der Waals surface area contributed by atoms with E-state index in [4.69, 9.17) is 38.0 Å². The number of aliphatic hydroxyl groups is 1. The lowest BCUT2D eigenvalue weighted by atomic mass is 10.1. The standard InChI is InChI=1S/C24H31N9O12P2/c1-10(2)41-19-17-13(43-24(19)33-9-31-15-20(25)27-7-29-22(15)33)5-40-47(37,38)45-18-16(34)12(4-39-46(35,36)44-17)42-23(18)32-8-30-14-11(3)26-6-28-21(14)32/h6-10,12-13,16-19,23-24,34H,4-5H2,1-3H3,(H,35,36)(H,37,38)(H2,25,27,29)/t12-,13-,16-,17-,18-,19-,23-,24-/m1/s1. The molecule has 0 amide bonds. The van der Waals surface area contributed by atoms with Gasteiger partial charge in [0.1, 0.15) is 60.3 Å². The third-order valence-electron chi connectivity index (χ3n) is 7.82. The summed E-state index contributed by atoms with van der Waals surface area (Å²) in [6, 6.07) is 0. The highest BCUT2D eigenvalue weighted by Gasteiger charge is 2.54. The van der Waals surface area contributed by atoms with Crippen LogP contribution in [0.3, 0.4) is 0 Å². The fourth-order valence-corrected chi connectivity index (χ4v) is 7.65. The Bertz CT molecular complexity index is 1890. The maximum atomic E-state index is 13.4. The van der Waals surface area contributed by atoms with Gasteiger partial charge in [0.2, 0.25) is 0 Å². The highest BCUT2D eigenvalue weighted by molar-refractivity contribution is 7.47. The molecule has 3 saturated heterocycles. The first-order valence-electron chi connectivity index (χ1n) is 14.3. The Labute approximate surface area is 265 Å². The smallest absolute Gasteiger partial charge is 0.387 e. The molecule has 0 spiro atoms. The van der Waals surface area contributed by atoms with E-state index in [1.165, 1.54) is 34.4 Å². The van der Waals surface area contributed by atoms with Gasteiger partial charge in [0.25, 0.3) is 0 Å². The SMILES string of the molecule is Cc1ncnc2c1ncn2[C@@H]1O[C@@H]2COP(=O)(O)O[C@H]3[C@@H](OC(C)C)[C@H](n4cnc5c(N)ncnc54)O[C@@H]3COP(=O)(O)O[C@@H]1[C@@H]2O. The monoisotopic (exact) mass is 699 g/mol. The summed E-state index contributed by atoms with van der Waals surface area (Å²) in [6.45, 7) is 3.76. The van der Waals surface area contributed by atoms with Crippen LogP contribution in [0.5, 0.6) is 0 Å². The van der Waals surface area contributed by atoms with Gasteiger partial charge in [0, 0.05) is 0 Å². The van der Waals surface area contributed by atoms with Crippen LogP contribution in [0.1, 0.15) is 32.0 Å². The van der Waals surface area contributed by atoms with Gasteiger partial charge >= 0.3 is 15.6 Å². The number of aromatic nitrogens is 8. The van der Waals surface area contributed by atoms with Crippen LogP contribution in [0.25, 0.3) is 22.3 Å². The predicted molar refractivity (Wildman–Crippen MR) is 155 cm³/mol. The summed E-state index contributed by atoms with van der Waals surface area (Å²) in [6.07, 6.45) is -6.03. The van der Waals surface area contributed by atoms with Crippen LogP contribution in [-0.2, 0) is 41.4 Å². The Morgan fingerprint density at radius 2 is 1.43 bits per heavy atom. The van der Waals surface area contributed by atoms with E-state index in [0.29, 0.717) is 11.2 Å². The Balaban J connectivity index is 1.23. The van der Waals surface area contributed by atoms with Crippen LogP contribution in [0.4, 0.5) is 5.82 Å². The molecule has 7 rings (SSSR count). The van der Waals surface area contributed by atoms with E-state index in [0.717, 1.165) is 0 Å². The lowest BCUT2D eigenvalue weighted by Crippen LogP contribution is -2.39. The van der Waals surface area contributed by atoms with Crippen molar-refractivity contribution in [3.8, 4) is 0 Å². The number of hydrogen-bond donors (Lipinski definition) is 4. The number of imidazole rings is 2. The summed E-state index contributed by atoms with van der Waals surface area (Å²) in [5, 5.41) is 11.1. The summed E-state index contributed by atoms with van der Waals surface area (Å²) in [5.74, 6) is 0.102. The maximum absolute atomic E-state index is 13.4. The number of phosphoric ester groups is 2. The molecule has 254 valence electrons. The van der Waals surface area contributed by atoms with E-state index in [1.807, 2.05) is 0 Å². The van der Waals surface area contributed by atoms with E-state index in [2.05, 4.69) is 29.9 Å². The number of nitrogens with zero attached hydrogens (tertiary/aromatic N) is 8. The molecule has 2 bridgehead atoms. The highest BCUT2D eigenvalue weighted by Crippen LogP contribution is 2.54. The fraction of sp³-hybridized carbons (Fsp3) is 0.583. The molecule has 5 N–H and O–H groups in total. The summed E-state index contributed by atoms with van der Waals surface area (Å²) >= 11 is 0. The van der Waals surface area contributed by atoms with Crippen molar-refractivity contribution in [1.82, 2.24) is 39.0 Å². The van der Waals surface area contributed by atoms with Gasteiger partial charge in [-0.25, -0.2) is 39.0 Å². The predicted octanol–water partition coefficient (Wildman–Crippen LogP) is 0.524. The number of aryl methyl sites for hydroxylation is 1. The fourth-order valence-electron chi connectivity index (χ4n) is 5.76. The van der Waals surface area contributed by atoms with Crippen LogP contribution in [-0.4, -0.2) is 110 Å². The summed E-state index contributed by atoms with van der Waals surface area (Å²) in [5.41, 5.74) is 7.71. The Hall–Kier alpha value is -3.04. The molecule has 4 aromatic heterocycles. The van der Waals surface area contributed by atoms with Crippen LogP contribution in [0.15, 0.2) is 25.3 Å². The molecule has 0 aromatic carbocycles. The molecule has 3 fully saturated rings. The van der Waals surface area contributed by atoms with Crippen LogP contribution < -0.4 is 5.73 Å². The van der Waals surface area contributed by atoms with Gasteiger partial charge in [-0.15, -0.1) is 0 Å². The zero-order valence-corrected chi connectivity index (χ0v) is 26.8. The van der Waals surface area contributed by atoms with Gasteiger partial charge < -0.3 is 34.8 Å². The number of nitrogen functional groups attached to an aromatic ring is 1. The molecule has 0 saturated carbocycles. The molecular weight excluding hydrogens is 668 g/mol. The van der Waals surface area contributed by atoms with Gasteiger partial charge in [-0.1, -0.05) is 0 Å². The summed E-state index contributed by atoms with van der Waals surface area (Å²) in [4.78, 5) is 46.8. The number of phosphoric acid groups is 2. The van der Waals surface area contributed by atoms with Gasteiger partial charge in [-0.05, 0) is 20.8 Å². The molecule has 4 aromatic rings. The zero-order valence-electron chi connectivity index (χ0n) is 25.0. The van der Waals surface area contributed by atoms with E-state index in [1.54, 1.807) is 20.8 Å². The minimum atomic E-state index is -5.01. The van der Waals surface area contributed by atoms with Gasteiger partial charge in [-0.2, -0.15) is 0 Å². The second kappa shape index (κ2) is 12.1. The molecule has 47 heavy (non-hydrogen) atoms. The van der Waals surface area contributed by atoms with Crippen molar-refractivity contribution < 1.29 is 56.3 Å². The number of anilines is 1. The van der Waals surface area contributed by atoms with E-state index in [-0.39, 0.29) is 22.6 Å². The van der Waals surface area contributed by atoms with Crippen molar-refractivity contribution >= 4 is 43.8 Å². The molecule has 21 nitrogen and oxygen atoms in total. The second-order valence-electron chi connectivity index (χ2n) is 11.3. The van der Waals surface area contributed by atoms with Gasteiger partial charge in [-0.3, -0.25) is 27.2 Å². The van der Waals surface area contributed by atoms with Crippen molar-refractivity contribution in [3.63, 3.8) is 0 Å². The lowest BCUT2D eigenvalue weighted by Gasteiger charge is -2.28. The first kappa shape index (κ1) is 32.5. The Kier molecular flexibility index (Phi) is 8.39. The molecule has 23 heteroatoms. The number of nitrogens with two attached hydrogens (primary N) is 1. The van der Waals surface area contributed by atoms with Gasteiger partial charge in [0.05, 0.1) is 37.7 Å². The molecule has 3 aliphatic rings. The average molecular weight is 700 g/mol. The normalized spacial score (nSPS) is 36.7. The average Bonchev–Trinajstić information content (AvgIpc) is 3.77. The Morgan fingerprint density at radius 1 is 0.851 bits per heavy atom. The number of ether oxygens (including phenoxy) is 3. The first-order chi connectivity index (χ1) is 22.3. The summed E-state index contributed by atoms with van der Waals surface area (Å²) in [7, 11) is -9.98. The minimum Gasteiger partial charge on any atom is -0.387 e. The zero-order chi connectivity index (χ0) is 33.2. The molecule has 7 heterocycles. The van der Waals surface area contributed by atoms with E-state index >= 15 is 0 Å². The summed E-state index contributed by atoms with van der Waals surface area (Å²) < 4.78 is 69.6. The lowest BCUT2D eigenvalue weighted by molar-refractivity contribution is -0.0906. The maximum Gasteiger partial charge on any atom is 0.472 e. The van der Waals surface area contributed by atoms with Crippen molar-refractivity contribution in [2.75, 3.05) is 18.9 Å². The molecular formula is C24H31N9O12P2. The van der Waals surface area contributed by atoms with Crippen LogP contribution >= 0.6 is 15.6 Å². The second-order valence-corrected chi connectivity index (χ2v) is 14.1. The molecule has 3 aliphatic heterocycles. The molecule has 2 unspecified atom stereocenters. The Morgan fingerprint density at radius 3 is 2.13 bits per heavy atom. The number of hydrogen-bond acceptors (Lipinski definition) is 17. The number of aliphatic hydroxyl groups excluding tert-OH is 1. The quantitative estimate of drug-likeness (QED) is 0.211. The van der Waals surface area contributed by atoms with Crippen LogP contribution in [0, 0.1) is 6.92 Å². The first-order valence-corrected chi connectivity index (χ1v) is 17.3. The van der Waals surface area contributed by atoms with E-state index < -0.39 is 84.0 Å². The number of fused-ring (bicyclic) bond motifs is 5. The minimum absolute atomic E-state index is 0.102. The number of rotatable bonds is 4. The molecule has 0 aliphatic carbocycles. The van der Waals surface area contributed by atoms with Crippen molar-refractivity contribution in [2.24, 2.45) is 0 Å².